The van der Waals surface area contributed by atoms with E-state index in [4.69, 9.17) is 0 Å². The molecule has 0 aliphatic carbocycles. The van der Waals surface area contributed by atoms with Gasteiger partial charge in [0.15, 0.2) is 0 Å². The van der Waals surface area contributed by atoms with Crippen LogP contribution < -0.4 is 0 Å². The Morgan fingerprint density at radius 2 is 2.25 bits per heavy atom. The van der Waals surface area contributed by atoms with Gasteiger partial charge < -0.3 is 4.98 Å². The predicted molar refractivity (Wildman–Crippen MR) is 55.4 cm³/mol. The van der Waals surface area contributed by atoms with Gasteiger partial charge in [0.1, 0.15) is 11.6 Å². The summed E-state index contributed by atoms with van der Waals surface area (Å²) in [5.41, 5.74) is 0.677. The number of imidazole rings is 1. The van der Waals surface area contributed by atoms with Crippen molar-refractivity contribution in [2.24, 2.45) is 0 Å². The Balaban J connectivity index is 2.47. The minimum Gasteiger partial charge on any atom is -0.344 e. The molecule has 0 radical (unpaired) electrons. The van der Waals surface area contributed by atoms with Gasteiger partial charge in [0, 0.05) is 12.3 Å². The number of benzene rings is 1. The van der Waals surface area contributed by atoms with Crippen LogP contribution in [0.3, 0.4) is 0 Å². The SMILES string of the molecule is Cc1c[nH]c(-c2ccc([N+](=O)[O-])cc2F)n1. The maximum atomic E-state index is 13.5. The molecule has 0 saturated heterocycles. The van der Waals surface area contributed by atoms with Crippen molar-refractivity contribution in [1.29, 1.82) is 0 Å². The lowest BCUT2D eigenvalue weighted by Gasteiger charge is -1.98. The Morgan fingerprint density at radius 1 is 1.50 bits per heavy atom. The summed E-state index contributed by atoms with van der Waals surface area (Å²) >= 11 is 0. The highest BCUT2D eigenvalue weighted by atomic mass is 19.1. The zero-order valence-electron chi connectivity index (χ0n) is 8.40. The van der Waals surface area contributed by atoms with Gasteiger partial charge in [0.05, 0.1) is 22.2 Å². The number of nitrogens with one attached hydrogen (secondary N) is 1. The first-order chi connectivity index (χ1) is 7.58. The molecule has 0 aliphatic heterocycles. The Bertz CT molecular complexity index is 551. The van der Waals surface area contributed by atoms with Gasteiger partial charge in [0.2, 0.25) is 0 Å². The number of hydrogen-bond acceptors (Lipinski definition) is 3. The second-order valence-corrected chi connectivity index (χ2v) is 3.31. The highest BCUT2D eigenvalue weighted by Crippen LogP contribution is 2.23. The maximum Gasteiger partial charge on any atom is 0.272 e. The summed E-state index contributed by atoms with van der Waals surface area (Å²) in [6, 6.07) is 3.47. The van der Waals surface area contributed by atoms with Crippen LogP contribution in [-0.2, 0) is 0 Å². The van der Waals surface area contributed by atoms with Crippen LogP contribution in [0, 0.1) is 22.9 Å². The number of nitrogens with zero attached hydrogens (tertiary/aromatic N) is 2. The summed E-state index contributed by atoms with van der Waals surface area (Å²) in [5, 5.41) is 10.4. The van der Waals surface area contributed by atoms with Crippen LogP contribution in [0.15, 0.2) is 24.4 Å². The molecule has 0 saturated carbocycles. The maximum absolute atomic E-state index is 13.5. The molecule has 2 rings (SSSR count). The van der Waals surface area contributed by atoms with Gasteiger partial charge in [-0.15, -0.1) is 0 Å². The Hall–Kier alpha value is -2.24. The molecule has 1 heterocycles. The van der Waals surface area contributed by atoms with Gasteiger partial charge in [-0.3, -0.25) is 10.1 Å². The van der Waals surface area contributed by atoms with Gasteiger partial charge in [-0.1, -0.05) is 0 Å². The molecule has 0 atom stereocenters. The highest BCUT2D eigenvalue weighted by molar-refractivity contribution is 5.58. The molecule has 0 unspecified atom stereocenters. The van der Waals surface area contributed by atoms with Crippen LogP contribution in [0.5, 0.6) is 0 Å². The molecular weight excluding hydrogens is 213 g/mol. The van der Waals surface area contributed by atoms with Gasteiger partial charge in [0.25, 0.3) is 5.69 Å². The molecule has 1 aromatic heterocycles. The Morgan fingerprint density at radius 3 is 2.75 bits per heavy atom. The predicted octanol–water partition coefficient (Wildman–Crippen LogP) is 2.43. The molecule has 6 heteroatoms. The third kappa shape index (κ3) is 1.77. The van der Waals surface area contributed by atoms with E-state index in [0.717, 1.165) is 11.8 Å². The first kappa shape index (κ1) is 10.3. The standard InChI is InChI=1S/C10H8FN3O2/c1-6-5-12-10(13-6)8-3-2-7(14(15)16)4-9(8)11/h2-5H,1H3,(H,12,13). The number of aryl methyl sites for hydroxylation is 1. The smallest absolute Gasteiger partial charge is 0.272 e. The van der Waals surface area contributed by atoms with Crippen molar-refractivity contribution in [3.05, 3.63) is 46.0 Å². The fraction of sp³-hybridized carbons (Fsp3) is 0.100. The second kappa shape index (κ2) is 3.73. The fourth-order valence-electron chi connectivity index (χ4n) is 1.36. The highest BCUT2D eigenvalue weighted by Gasteiger charge is 2.13. The zero-order chi connectivity index (χ0) is 11.7. The van der Waals surface area contributed by atoms with Crippen molar-refractivity contribution in [2.75, 3.05) is 0 Å². The molecule has 2 aromatic rings. The van der Waals surface area contributed by atoms with E-state index in [-0.39, 0.29) is 11.3 Å². The normalized spacial score (nSPS) is 10.4. The fourth-order valence-corrected chi connectivity index (χ4v) is 1.36. The topological polar surface area (TPSA) is 71.8 Å². The van der Waals surface area contributed by atoms with Crippen molar-refractivity contribution in [1.82, 2.24) is 9.97 Å². The summed E-state index contributed by atoms with van der Waals surface area (Å²) in [4.78, 5) is 16.6. The van der Waals surface area contributed by atoms with Crippen molar-refractivity contribution in [2.45, 2.75) is 6.92 Å². The van der Waals surface area contributed by atoms with E-state index in [9.17, 15) is 14.5 Å². The first-order valence-electron chi connectivity index (χ1n) is 4.54. The summed E-state index contributed by atoms with van der Waals surface area (Å²) < 4.78 is 13.5. The molecule has 16 heavy (non-hydrogen) atoms. The number of aromatic amines is 1. The lowest BCUT2D eigenvalue weighted by atomic mass is 10.2. The number of H-pyrrole nitrogens is 1. The summed E-state index contributed by atoms with van der Waals surface area (Å²) in [6.45, 7) is 1.77. The van der Waals surface area contributed by atoms with Crippen molar-refractivity contribution >= 4 is 5.69 Å². The van der Waals surface area contributed by atoms with E-state index >= 15 is 0 Å². The van der Waals surface area contributed by atoms with Crippen molar-refractivity contribution in [3.8, 4) is 11.4 Å². The molecule has 0 bridgehead atoms. The van der Waals surface area contributed by atoms with Crippen LogP contribution in [0.25, 0.3) is 11.4 Å². The minimum atomic E-state index is -0.663. The third-order valence-corrected chi connectivity index (χ3v) is 2.12. The van der Waals surface area contributed by atoms with E-state index in [1.165, 1.54) is 12.1 Å². The molecule has 1 N–H and O–H groups in total. The minimum absolute atomic E-state index is 0.221. The number of halogens is 1. The molecule has 0 fully saturated rings. The number of hydrogen-bond donors (Lipinski definition) is 1. The summed E-state index contributed by atoms with van der Waals surface area (Å²) in [6.07, 6.45) is 1.64. The molecule has 82 valence electrons. The van der Waals surface area contributed by atoms with Crippen LogP contribution in [0.2, 0.25) is 0 Å². The molecule has 0 amide bonds. The van der Waals surface area contributed by atoms with Gasteiger partial charge in [-0.2, -0.15) is 0 Å². The molecule has 1 aromatic carbocycles. The number of aromatic nitrogens is 2. The lowest BCUT2D eigenvalue weighted by molar-refractivity contribution is -0.385. The van der Waals surface area contributed by atoms with E-state index in [1.54, 1.807) is 13.1 Å². The third-order valence-electron chi connectivity index (χ3n) is 2.12. The number of nitro groups is 1. The summed E-state index contributed by atoms with van der Waals surface area (Å²) in [7, 11) is 0. The van der Waals surface area contributed by atoms with Gasteiger partial charge >= 0.3 is 0 Å². The van der Waals surface area contributed by atoms with Gasteiger partial charge in [-0.25, -0.2) is 9.37 Å². The van der Waals surface area contributed by atoms with Crippen molar-refractivity contribution in [3.63, 3.8) is 0 Å². The Labute approximate surface area is 90.1 Å². The van der Waals surface area contributed by atoms with E-state index in [1.807, 2.05) is 0 Å². The monoisotopic (exact) mass is 221 g/mol. The summed E-state index contributed by atoms with van der Waals surface area (Å²) in [5.74, 6) is -0.298. The van der Waals surface area contributed by atoms with Crippen LogP contribution in [-0.4, -0.2) is 14.9 Å². The van der Waals surface area contributed by atoms with Crippen LogP contribution in [0.1, 0.15) is 5.69 Å². The lowest BCUT2D eigenvalue weighted by Crippen LogP contribution is -1.92. The largest absolute Gasteiger partial charge is 0.344 e. The quantitative estimate of drug-likeness (QED) is 0.625. The average Bonchev–Trinajstić information content (AvgIpc) is 2.64. The van der Waals surface area contributed by atoms with Crippen LogP contribution in [0.4, 0.5) is 10.1 Å². The molecular formula is C10H8FN3O2. The van der Waals surface area contributed by atoms with E-state index in [2.05, 4.69) is 9.97 Å². The van der Waals surface area contributed by atoms with E-state index < -0.39 is 10.7 Å². The first-order valence-corrected chi connectivity index (χ1v) is 4.54. The van der Waals surface area contributed by atoms with Crippen molar-refractivity contribution < 1.29 is 9.31 Å². The number of non-ortho nitro benzene ring substituents is 1. The van der Waals surface area contributed by atoms with Crippen LogP contribution >= 0.6 is 0 Å². The molecule has 0 aliphatic rings. The van der Waals surface area contributed by atoms with Gasteiger partial charge in [-0.05, 0) is 13.0 Å². The number of nitro benzene ring substituents is 1. The molecule has 5 nitrogen and oxygen atoms in total. The second-order valence-electron chi connectivity index (χ2n) is 3.31. The molecule has 0 spiro atoms. The zero-order valence-corrected chi connectivity index (χ0v) is 8.40. The van der Waals surface area contributed by atoms with E-state index in [0.29, 0.717) is 5.82 Å². The Kier molecular flexibility index (Phi) is 2.40. The average molecular weight is 221 g/mol. The number of rotatable bonds is 2.